The third-order valence-electron chi connectivity index (χ3n) is 7.72. The number of fused-ring (bicyclic) bond motifs is 3. The Kier molecular flexibility index (Phi) is 7.68. The highest BCUT2D eigenvalue weighted by Crippen LogP contribution is 2.45. The fourth-order valence-electron chi connectivity index (χ4n) is 5.98. The first-order chi connectivity index (χ1) is 18.9. The molecule has 1 unspecified atom stereocenters. The second kappa shape index (κ2) is 11.3. The number of likely N-dealkylation sites (tertiary alicyclic amines) is 1. The first kappa shape index (κ1) is 26.5. The number of hydrogen-bond acceptors (Lipinski definition) is 5. The Balaban J connectivity index is 1.33. The van der Waals surface area contributed by atoms with Gasteiger partial charge < -0.3 is 19.7 Å². The van der Waals surface area contributed by atoms with Crippen LogP contribution in [-0.2, 0) is 19.1 Å². The van der Waals surface area contributed by atoms with Crippen molar-refractivity contribution in [2.45, 2.75) is 38.3 Å². The van der Waals surface area contributed by atoms with Gasteiger partial charge in [-0.2, -0.15) is 0 Å². The molecule has 1 aliphatic heterocycles. The molecule has 3 aromatic carbocycles. The molecule has 0 spiro atoms. The fraction of sp³-hybridized carbons (Fsp3) is 0.344. The van der Waals surface area contributed by atoms with Gasteiger partial charge in [0, 0.05) is 12.0 Å². The predicted molar refractivity (Wildman–Crippen MR) is 148 cm³/mol. The van der Waals surface area contributed by atoms with E-state index < -0.39 is 24.0 Å². The second-order valence-corrected chi connectivity index (χ2v) is 10.6. The fourth-order valence-corrected chi connectivity index (χ4v) is 5.98. The first-order valence-corrected chi connectivity index (χ1v) is 13.4. The Bertz CT molecular complexity index is 1310. The predicted octanol–water partition coefficient (Wildman–Crippen LogP) is 5.31. The van der Waals surface area contributed by atoms with Gasteiger partial charge in [0.1, 0.15) is 13.2 Å². The lowest BCUT2D eigenvalue weighted by molar-refractivity contribution is -0.166. The molecule has 2 amide bonds. The van der Waals surface area contributed by atoms with Crippen molar-refractivity contribution in [2.75, 3.05) is 20.3 Å². The molecule has 0 saturated carbocycles. The van der Waals surface area contributed by atoms with Crippen LogP contribution < -0.4 is 5.32 Å². The number of nitrogens with zero attached hydrogens (tertiary/aromatic N) is 1. The lowest BCUT2D eigenvalue weighted by Gasteiger charge is -2.50. The maximum Gasteiger partial charge on any atom is 0.407 e. The number of rotatable bonds is 9. The van der Waals surface area contributed by atoms with Crippen LogP contribution in [0.1, 0.15) is 48.9 Å². The van der Waals surface area contributed by atoms with E-state index in [0.29, 0.717) is 6.42 Å². The van der Waals surface area contributed by atoms with Crippen molar-refractivity contribution in [3.63, 3.8) is 0 Å². The molecule has 3 atom stereocenters. The molecule has 202 valence electrons. The van der Waals surface area contributed by atoms with Crippen LogP contribution >= 0.6 is 0 Å². The number of methoxy groups -OCH3 is 1. The minimum atomic E-state index is -0.548. The molecule has 39 heavy (non-hydrogen) atoms. The number of amides is 2. The van der Waals surface area contributed by atoms with Crippen molar-refractivity contribution in [3.05, 3.63) is 95.6 Å². The van der Waals surface area contributed by atoms with Crippen LogP contribution in [-0.4, -0.2) is 49.2 Å². The average molecular weight is 527 g/mol. The number of benzene rings is 3. The van der Waals surface area contributed by atoms with Crippen molar-refractivity contribution in [1.29, 1.82) is 0 Å². The minimum Gasteiger partial charge on any atom is -0.468 e. The Morgan fingerprint density at radius 3 is 2.08 bits per heavy atom. The lowest BCUT2D eigenvalue weighted by Crippen LogP contribution is -2.63. The van der Waals surface area contributed by atoms with Gasteiger partial charge in [-0.3, -0.25) is 9.59 Å². The zero-order chi connectivity index (χ0) is 27.5. The number of carbonyl (C=O) groups excluding carboxylic acids is 3. The smallest absolute Gasteiger partial charge is 0.407 e. The van der Waals surface area contributed by atoms with Crippen molar-refractivity contribution in [1.82, 2.24) is 10.2 Å². The highest BCUT2D eigenvalue weighted by Gasteiger charge is 2.52. The van der Waals surface area contributed by atoms with E-state index >= 15 is 0 Å². The zero-order valence-electron chi connectivity index (χ0n) is 22.5. The molecule has 1 aliphatic carbocycles. The number of β-lactam (4-membered cyclic amide) rings is 1. The van der Waals surface area contributed by atoms with Crippen LogP contribution in [0.2, 0.25) is 0 Å². The molecule has 1 heterocycles. The summed E-state index contributed by atoms with van der Waals surface area (Å²) in [5, 5.41) is 3.02. The van der Waals surface area contributed by atoms with E-state index in [2.05, 4.69) is 43.4 Å². The Morgan fingerprint density at radius 2 is 1.49 bits per heavy atom. The first-order valence-electron chi connectivity index (χ1n) is 13.4. The topological polar surface area (TPSA) is 84.9 Å². The Hall–Kier alpha value is -4.13. The molecule has 1 N–H and O–H groups in total. The molecule has 0 aromatic heterocycles. The second-order valence-electron chi connectivity index (χ2n) is 10.6. The summed E-state index contributed by atoms with van der Waals surface area (Å²) < 4.78 is 10.6. The van der Waals surface area contributed by atoms with Crippen LogP contribution in [0, 0.1) is 11.8 Å². The molecule has 2 aliphatic rings. The minimum absolute atomic E-state index is 0.0513. The van der Waals surface area contributed by atoms with Gasteiger partial charge >= 0.3 is 12.1 Å². The van der Waals surface area contributed by atoms with Gasteiger partial charge in [0.05, 0.1) is 19.1 Å². The monoisotopic (exact) mass is 526 g/mol. The summed E-state index contributed by atoms with van der Waals surface area (Å²) in [6.45, 7) is 4.17. The summed E-state index contributed by atoms with van der Waals surface area (Å²) in [5.74, 6) is -1.00. The molecule has 1 fully saturated rings. The summed E-state index contributed by atoms with van der Waals surface area (Å²) in [6.07, 6.45) is 0.0456. The Labute approximate surface area is 229 Å². The van der Waals surface area contributed by atoms with Gasteiger partial charge in [0.2, 0.25) is 5.91 Å². The van der Waals surface area contributed by atoms with Crippen molar-refractivity contribution >= 4 is 18.0 Å². The summed E-state index contributed by atoms with van der Waals surface area (Å²) >= 11 is 0. The van der Waals surface area contributed by atoms with E-state index in [-0.39, 0.29) is 36.9 Å². The van der Waals surface area contributed by atoms with Crippen LogP contribution in [0.25, 0.3) is 11.1 Å². The van der Waals surface area contributed by atoms with E-state index in [1.165, 1.54) is 12.0 Å². The van der Waals surface area contributed by atoms with Gasteiger partial charge in [-0.25, -0.2) is 4.79 Å². The van der Waals surface area contributed by atoms with Gasteiger partial charge in [-0.15, -0.1) is 0 Å². The molecule has 0 radical (unpaired) electrons. The molecule has 7 heteroatoms. The van der Waals surface area contributed by atoms with Crippen LogP contribution in [0.3, 0.4) is 0 Å². The van der Waals surface area contributed by atoms with Crippen molar-refractivity contribution in [2.24, 2.45) is 11.8 Å². The van der Waals surface area contributed by atoms with Crippen molar-refractivity contribution < 1.29 is 23.9 Å². The molecule has 7 nitrogen and oxygen atoms in total. The van der Waals surface area contributed by atoms with Gasteiger partial charge in [0.25, 0.3) is 0 Å². The third-order valence-corrected chi connectivity index (χ3v) is 7.72. The zero-order valence-corrected chi connectivity index (χ0v) is 22.5. The quantitative estimate of drug-likeness (QED) is 0.302. The number of ether oxygens (including phenoxy) is 2. The van der Waals surface area contributed by atoms with E-state index in [4.69, 9.17) is 9.47 Å². The molecule has 5 rings (SSSR count). The summed E-state index contributed by atoms with van der Waals surface area (Å²) in [5.41, 5.74) is 5.52. The lowest BCUT2D eigenvalue weighted by atomic mass is 9.75. The maximum atomic E-state index is 13.4. The van der Waals surface area contributed by atoms with E-state index in [9.17, 15) is 14.4 Å². The van der Waals surface area contributed by atoms with E-state index in [0.717, 1.165) is 27.8 Å². The number of carbonyl (C=O) groups is 3. The molecule has 1 saturated heterocycles. The molecular formula is C32H34N2O5. The normalized spacial score (nSPS) is 18.7. The average Bonchev–Trinajstić information content (AvgIpc) is 3.26. The third kappa shape index (κ3) is 5.26. The number of nitrogens with one attached hydrogen (secondary N) is 1. The molecule has 0 bridgehead atoms. The highest BCUT2D eigenvalue weighted by molar-refractivity contribution is 5.91. The summed E-state index contributed by atoms with van der Waals surface area (Å²) in [4.78, 5) is 40.1. The molecular weight excluding hydrogens is 492 g/mol. The SMILES string of the molecule is COC(=O)CN1C(=O)[C@H](C(CC(C)C)NC(=O)OCC2c3ccccc3-c3ccccc32)[C@@H]1c1ccccc1. The van der Waals surface area contributed by atoms with Gasteiger partial charge in [-0.1, -0.05) is 92.7 Å². The summed E-state index contributed by atoms with van der Waals surface area (Å²) in [7, 11) is 1.31. The van der Waals surface area contributed by atoms with Gasteiger partial charge in [-0.05, 0) is 40.2 Å². The summed E-state index contributed by atoms with van der Waals surface area (Å²) in [6, 6.07) is 25.2. The Morgan fingerprint density at radius 1 is 0.897 bits per heavy atom. The van der Waals surface area contributed by atoms with E-state index in [1.54, 1.807) is 0 Å². The number of esters is 1. The highest BCUT2D eigenvalue weighted by atomic mass is 16.5. The van der Waals surface area contributed by atoms with Crippen LogP contribution in [0.4, 0.5) is 4.79 Å². The van der Waals surface area contributed by atoms with E-state index in [1.807, 2.05) is 54.6 Å². The van der Waals surface area contributed by atoms with Gasteiger partial charge in [0.15, 0.2) is 0 Å². The standard InChI is InChI=1S/C32H34N2O5/c1-20(2)17-27(29-30(21-11-5-4-6-12-21)34(31(29)36)18-28(35)38-3)33-32(37)39-19-26-24-15-9-7-13-22(24)23-14-8-10-16-25(23)26/h4-16,20,26-27,29-30H,17-19H2,1-3H3,(H,33,37)/t27?,29-,30+/m1/s1. The number of hydrogen-bond donors (Lipinski definition) is 1. The van der Waals surface area contributed by atoms with Crippen LogP contribution in [0.5, 0.6) is 0 Å². The molecule has 3 aromatic rings. The maximum absolute atomic E-state index is 13.4. The van der Waals surface area contributed by atoms with Crippen LogP contribution in [0.15, 0.2) is 78.9 Å². The van der Waals surface area contributed by atoms with Crippen molar-refractivity contribution in [3.8, 4) is 11.1 Å². The number of alkyl carbamates (subject to hydrolysis) is 1. The largest absolute Gasteiger partial charge is 0.468 e.